The minimum Gasteiger partial charge on any atom is -0.497 e. The van der Waals surface area contributed by atoms with E-state index in [1.807, 2.05) is 0 Å². The fraction of sp³-hybridized carbons (Fsp3) is 0.222. The number of ketones is 1. The monoisotopic (exact) mass is 393 g/mol. The highest BCUT2D eigenvalue weighted by Crippen LogP contribution is 2.24. The van der Waals surface area contributed by atoms with E-state index in [1.165, 1.54) is 38.5 Å². The molecule has 0 spiro atoms. The first-order valence-corrected chi connectivity index (χ1v) is 9.31. The summed E-state index contributed by atoms with van der Waals surface area (Å²) in [6.07, 6.45) is 0. The number of carbonyl (C=O) groups is 2. The average Bonchev–Trinajstić information content (AvgIpc) is 2.70. The predicted octanol–water partition coefficient (Wildman–Crippen LogP) is 1.41. The van der Waals surface area contributed by atoms with E-state index in [9.17, 15) is 18.0 Å². The third kappa shape index (κ3) is 5.53. The van der Waals surface area contributed by atoms with E-state index in [0.717, 1.165) is 0 Å². The first kappa shape index (κ1) is 20.4. The van der Waals surface area contributed by atoms with Gasteiger partial charge in [0.1, 0.15) is 18.0 Å². The lowest BCUT2D eigenvalue weighted by atomic mass is 10.1. The Balaban J connectivity index is 1.91. The molecule has 0 radical (unpaired) electrons. The van der Waals surface area contributed by atoms with Crippen LogP contribution in [0.4, 0.5) is 0 Å². The van der Waals surface area contributed by atoms with Crippen molar-refractivity contribution in [2.75, 3.05) is 27.4 Å². The molecule has 0 aliphatic rings. The van der Waals surface area contributed by atoms with Crippen LogP contribution in [0.25, 0.3) is 0 Å². The minimum absolute atomic E-state index is 0.0249. The molecule has 1 N–H and O–H groups in total. The molecule has 0 amide bonds. The molecule has 0 aromatic heterocycles. The maximum absolute atomic E-state index is 12.2. The molecule has 0 aliphatic heterocycles. The summed E-state index contributed by atoms with van der Waals surface area (Å²) in [6, 6.07) is 12.2. The van der Waals surface area contributed by atoms with Crippen molar-refractivity contribution in [1.82, 2.24) is 4.72 Å². The summed E-state index contributed by atoms with van der Waals surface area (Å²) >= 11 is 0. The van der Waals surface area contributed by atoms with E-state index in [0.29, 0.717) is 5.75 Å². The Labute approximate surface area is 157 Å². The topological polar surface area (TPSA) is 108 Å². The molecule has 0 atom stereocenters. The molecule has 27 heavy (non-hydrogen) atoms. The van der Waals surface area contributed by atoms with Crippen LogP contribution in [0.15, 0.2) is 53.4 Å². The van der Waals surface area contributed by atoms with E-state index in [-0.39, 0.29) is 16.2 Å². The van der Waals surface area contributed by atoms with Crippen LogP contribution in [0.2, 0.25) is 0 Å². The lowest BCUT2D eigenvalue weighted by Gasteiger charge is -2.10. The van der Waals surface area contributed by atoms with E-state index in [1.54, 1.807) is 24.3 Å². The Morgan fingerprint density at radius 1 is 1.00 bits per heavy atom. The average molecular weight is 393 g/mol. The number of nitrogens with one attached hydrogen (secondary N) is 1. The van der Waals surface area contributed by atoms with Crippen molar-refractivity contribution in [1.29, 1.82) is 0 Å². The molecule has 0 saturated heterocycles. The van der Waals surface area contributed by atoms with Crippen molar-refractivity contribution in [3.05, 3.63) is 54.1 Å². The summed E-state index contributed by atoms with van der Waals surface area (Å²) in [5.41, 5.74) is 0.218. The maximum atomic E-state index is 12.2. The SMILES string of the molecule is COc1ccc(C(=O)COC(=O)CNS(=O)(=O)c2ccccc2)c(OC)c1. The molecule has 144 valence electrons. The molecular formula is C18H19NO7S. The summed E-state index contributed by atoms with van der Waals surface area (Å²) in [5.74, 6) is -0.583. The Kier molecular flexibility index (Phi) is 6.91. The largest absolute Gasteiger partial charge is 0.497 e. The summed E-state index contributed by atoms with van der Waals surface area (Å²) in [6.45, 7) is -1.14. The standard InChI is InChI=1S/C18H19NO7S/c1-24-13-8-9-15(17(10-13)25-2)16(20)12-26-18(21)11-19-27(22,23)14-6-4-3-5-7-14/h3-10,19H,11-12H2,1-2H3. The highest BCUT2D eigenvalue weighted by molar-refractivity contribution is 7.89. The molecule has 2 rings (SSSR count). The number of rotatable bonds is 9. The fourth-order valence-electron chi connectivity index (χ4n) is 2.14. The predicted molar refractivity (Wildman–Crippen MR) is 96.5 cm³/mol. The molecule has 0 aliphatic carbocycles. The summed E-state index contributed by atoms with van der Waals surface area (Å²) in [5, 5.41) is 0. The normalized spacial score (nSPS) is 10.9. The first-order chi connectivity index (χ1) is 12.9. The Bertz CT molecular complexity index is 911. The summed E-state index contributed by atoms with van der Waals surface area (Å²) in [7, 11) is -0.955. The second-order valence-electron chi connectivity index (χ2n) is 5.29. The van der Waals surface area contributed by atoms with Gasteiger partial charge in [0.05, 0.1) is 24.7 Å². The van der Waals surface area contributed by atoms with Crippen LogP contribution in [0.1, 0.15) is 10.4 Å². The zero-order valence-corrected chi connectivity index (χ0v) is 15.6. The van der Waals surface area contributed by atoms with Gasteiger partial charge in [-0.3, -0.25) is 9.59 Å². The van der Waals surface area contributed by atoms with Gasteiger partial charge in [-0.05, 0) is 24.3 Å². The lowest BCUT2D eigenvalue weighted by molar-refractivity contribution is -0.141. The zero-order chi connectivity index (χ0) is 19.9. The van der Waals surface area contributed by atoms with Gasteiger partial charge in [-0.25, -0.2) is 8.42 Å². The van der Waals surface area contributed by atoms with Crippen molar-refractivity contribution in [3.63, 3.8) is 0 Å². The van der Waals surface area contributed by atoms with Crippen molar-refractivity contribution < 1.29 is 32.2 Å². The molecule has 0 unspecified atom stereocenters. The molecule has 0 heterocycles. The number of carbonyl (C=O) groups excluding carboxylic acids is 2. The van der Waals surface area contributed by atoms with Crippen molar-refractivity contribution in [2.24, 2.45) is 0 Å². The molecule has 2 aromatic carbocycles. The fourth-order valence-corrected chi connectivity index (χ4v) is 3.13. The van der Waals surface area contributed by atoms with Crippen LogP contribution in [0.3, 0.4) is 0 Å². The highest BCUT2D eigenvalue weighted by Gasteiger charge is 2.18. The van der Waals surface area contributed by atoms with E-state index < -0.39 is 34.9 Å². The van der Waals surface area contributed by atoms with Gasteiger partial charge in [-0.2, -0.15) is 4.72 Å². The number of esters is 1. The van der Waals surface area contributed by atoms with Crippen LogP contribution in [0.5, 0.6) is 11.5 Å². The van der Waals surface area contributed by atoms with Gasteiger partial charge in [0.15, 0.2) is 6.61 Å². The van der Waals surface area contributed by atoms with Crippen LogP contribution in [0, 0.1) is 0 Å². The second kappa shape index (κ2) is 9.15. The van der Waals surface area contributed by atoms with E-state index >= 15 is 0 Å². The van der Waals surface area contributed by atoms with Gasteiger partial charge in [-0.1, -0.05) is 18.2 Å². The van der Waals surface area contributed by atoms with Gasteiger partial charge in [0, 0.05) is 6.07 Å². The number of methoxy groups -OCH3 is 2. The Morgan fingerprint density at radius 2 is 1.70 bits per heavy atom. The van der Waals surface area contributed by atoms with Gasteiger partial charge >= 0.3 is 5.97 Å². The first-order valence-electron chi connectivity index (χ1n) is 7.83. The van der Waals surface area contributed by atoms with Gasteiger partial charge < -0.3 is 14.2 Å². The van der Waals surface area contributed by atoms with Crippen molar-refractivity contribution in [2.45, 2.75) is 4.90 Å². The summed E-state index contributed by atoms with van der Waals surface area (Å²) < 4.78 is 41.2. The van der Waals surface area contributed by atoms with Crippen molar-refractivity contribution >= 4 is 21.8 Å². The van der Waals surface area contributed by atoms with E-state index in [2.05, 4.69) is 4.72 Å². The number of ether oxygens (including phenoxy) is 3. The highest BCUT2D eigenvalue weighted by atomic mass is 32.2. The van der Waals surface area contributed by atoms with E-state index in [4.69, 9.17) is 14.2 Å². The van der Waals surface area contributed by atoms with Gasteiger partial charge in [0.2, 0.25) is 15.8 Å². The molecule has 0 fully saturated rings. The smallest absolute Gasteiger partial charge is 0.321 e. The minimum atomic E-state index is -3.83. The number of hydrogen-bond acceptors (Lipinski definition) is 7. The van der Waals surface area contributed by atoms with Crippen LogP contribution in [-0.4, -0.2) is 47.5 Å². The molecule has 0 saturated carbocycles. The molecule has 2 aromatic rings. The molecular weight excluding hydrogens is 374 g/mol. The van der Waals surface area contributed by atoms with Gasteiger partial charge in [-0.15, -0.1) is 0 Å². The number of sulfonamides is 1. The van der Waals surface area contributed by atoms with Crippen LogP contribution >= 0.6 is 0 Å². The number of hydrogen-bond donors (Lipinski definition) is 1. The quantitative estimate of drug-likeness (QED) is 0.507. The van der Waals surface area contributed by atoms with Crippen molar-refractivity contribution in [3.8, 4) is 11.5 Å². The second-order valence-corrected chi connectivity index (χ2v) is 7.05. The zero-order valence-electron chi connectivity index (χ0n) is 14.8. The number of benzene rings is 2. The van der Waals surface area contributed by atoms with Crippen LogP contribution in [-0.2, 0) is 19.6 Å². The maximum Gasteiger partial charge on any atom is 0.321 e. The summed E-state index contributed by atoms with van der Waals surface area (Å²) in [4.78, 5) is 24.0. The molecule has 0 bridgehead atoms. The lowest BCUT2D eigenvalue weighted by Crippen LogP contribution is -2.31. The molecule has 8 nitrogen and oxygen atoms in total. The Morgan fingerprint density at radius 3 is 2.33 bits per heavy atom. The number of Topliss-reactive ketones (excluding diaryl/α,β-unsaturated/α-hetero) is 1. The third-order valence-electron chi connectivity index (χ3n) is 3.53. The Hall–Kier alpha value is -2.91. The molecule has 9 heteroatoms. The van der Waals surface area contributed by atoms with Gasteiger partial charge in [0.25, 0.3) is 0 Å². The third-order valence-corrected chi connectivity index (χ3v) is 4.95. The van der Waals surface area contributed by atoms with Crippen LogP contribution < -0.4 is 14.2 Å².